The van der Waals surface area contributed by atoms with Crippen molar-refractivity contribution in [3.63, 3.8) is 0 Å². The maximum absolute atomic E-state index is 15.5. The molecule has 0 aliphatic heterocycles. The highest BCUT2D eigenvalue weighted by atomic mass is 19.1. The van der Waals surface area contributed by atoms with Crippen LogP contribution in [0.1, 0.15) is 0 Å². The second kappa shape index (κ2) is 13.6. The minimum absolute atomic E-state index is 0.0138. The quantitative estimate of drug-likeness (QED) is 0.127. The summed E-state index contributed by atoms with van der Waals surface area (Å²) in [4.78, 5) is 9.91. The first-order valence-electron chi connectivity index (χ1n) is 17.4. The molecule has 0 unspecified atom stereocenters. The Balaban J connectivity index is 1.32. The molecule has 9 rings (SSSR count). The van der Waals surface area contributed by atoms with Gasteiger partial charge in [-0.3, -0.25) is 0 Å². The van der Waals surface area contributed by atoms with Gasteiger partial charge < -0.3 is 0 Å². The van der Waals surface area contributed by atoms with Crippen LogP contribution >= 0.6 is 0 Å². The van der Waals surface area contributed by atoms with E-state index in [1.807, 2.05) is 121 Å². The van der Waals surface area contributed by atoms with Gasteiger partial charge in [-0.1, -0.05) is 121 Å². The number of nitrogens with zero attached hydrogens (tertiary/aromatic N) is 2. The molecule has 0 bridgehead atoms. The molecule has 0 saturated carbocycles. The average molecular weight is 709 g/mol. The summed E-state index contributed by atoms with van der Waals surface area (Å²) in [6.45, 7) is 0. The second-order valence-electron chi connectivity index (χ2n) is 13.1. The molecule has 0 saturated heterocycles. The summed E-state index contributed by atoms with van der Waals surface area (Å²) in [6.07, 6.45) is 0. The van der Waals surface area contributed by atoms with Gasteiger partial charge in [0, 0.05) is 21.9 Å². The summed E-state index contributed by atoms with van der Waals surface area (Å²) < 4.78 is 60.2. The lowest BCUT2D eigenvalue weighted by atomic mass is 9.92. The Hall–Kier alpha value is -6.92. The third kappa shape index (κ3) is 6.07. The van der Waals surface area contributed by atoms with Gasteiger partial charge in [0.15, 0.2) is 0 Å². The molecule has 0 aliphatic rings. The Kier molecular flexibility index (Phi) is 8.28. The Morgan fingerprint density at radius 2 is 0.648 bits per heavy atom. The largest absolute Gasteiger partial charge is 0.245 e. The second-order valence-corrected chi connectivity index (χ2v) is 13.1. The van der Waals surface area contributed by atoms with Gasteiger partial charge in [0.2, 0.25) is 0 Å². The number of aromatic nitrogens is 2. The van der Waals surface area contributed by atoms with Crippen molar-refractivity contribution in [3.05, 3.63) is 193 Å². The van der Waals surface area contributed by atoms with Crippen molar-refractivity contribution in [2.24, 2.45) is 0 Å². The number of fused-ring (bicyclic) bond motifs is 3. The predicted octanol–water partition coefficient (Wildman–Crippen LogP) is 13.3. The molecular weight excluding hydrogens is 681 g/mol. The lowest BCUT2D eigenvalue weighted by Crippen LogP contribution is -1.98. The van der Waals surface area contributed by atoms with Gasteiger partial charge in [0.05, 0.1) is 22.4 Å². The molecule has 0 aliphatic carbocycles. The molecule has 0 N–H and O–H groups in total. The van der Waals surface area contributed by atoms with E-state index >= 15 is 8.78 Å². The van der Waals surface area contributed by atoms with Crippen molar-refractivity contribution in [2.45, 2.75) is 0 Å². The number of benzene rings is 7. The molecule has 2 heterocycles. The fraction of sp³-hybridized carbons (Fsp3) is 0. The first-order chi connectivity index (χ1) is 26.4. The highest BCUT2D eigenvalue weighted by Crippen LogP contribution is 2.41. The summed E-state index contributed by atoms with van der Waals surface area (Å²) in [5.74, 6) is -2.49. The number of rotatable bonds is 6. The van der Waals surface area contributed by atoms with Crippen LogP contribution in [0.25, 0.3) is 88.8 Å². The molecule has 54 heavy (non-hydrogen) atoms. The van der Waals surface area contributed by atoms with E-state index in [0.717, 1.165) is 80.9 Å². The third-order valence-electron chi connectivity index (χ3n) is 9.77. The van der Waals surface area contributed by atoms with Crippen LogP contribution in [0.2, 0.25) is 0 Å². The average Bonchev–Trinajstić information content (AvgIpc) is 3.22. The zero-order valence-corrected chi connectivity index (χ0v) is 28.6. The van der Waals surface area contributed by atoms with E-state index < -0.39 is 23.3 Å². The van der Waals surface area contributed by atoms with Crippen LogP contribution in [-0.4, -0.2) is 9.97 Å². The summed E-state index contributed by atoms with van der Waals surface area (Å²) >= 11 is 0. The van der Waals surface area contributed by atoms with Gasteiger partial charge >= 0.3 is 0 Å². The highest BCUT2D eigenvalue weighted by molar-refractivity contribution is 6.13. The molecule has 0 spiro atoms. The van der Waals surface area contributed by atoms with Crippen LogP contribution < -0.4 is 0 Å². The van der Waals surface area contributed by atoms with Crippen molar-refractivity contribution in [3.8, 4) is 67.0 Å². The van der Waals surface area contributed by atoms with E-state index in [9.17, 15) is 8.78 Å². The van der Waals surface area contributed by atoms with E-state index in [-0.39, 0.29) is 22.5 Å². The molecule has 0 radical (unpaired) electrons. The van der Waals surface area contributed by atoms with Crippen LogP contribution in [0.3, 0.4) is 0 Å². The first kappa shape index (κ1) is 33.0. The molecule has 7 aromatic carbocycles. The van der Waals surface area contributed by atoms with Crippen molar-refractivity contribution >= 4 is 21.8 Å². The van der Waals surface area contributed by atoms with Crippen molar-refractivity contribution in [1.82, 2.24) is 9.97 Å². The number of hydrogen-bond donors (Lipinski definition) is 0. The number of halogens is 4. The SMILES string of the molecule is Fc1ccc(F)c(-c2cc(-c3ccc(-c4ccccc4)cc3)c3ccc4c(-c5ccc(-c6ccccc6)cc5)cc(-c5cc(F)ccc5F)nc4c3n2)c1. The molecule has 2 nitrogen and oxygen atoms in total. The van der Waals surface area contributed by atoms with Crippen LogP contribution in [0.5, 0.6) is 0 Å². The van der Waals surface area contributed by atoms with Crippen molar-refractivity contribution in [2.75, 3.05) is 0 Å². The number of pyridine rings is 2. The Morgan fingerprint density at radius 1 is 0.296 bits per heavy atom. The minimum Gasteiger partial charge on any atom is -0.245 e. The van der Waals surface area contributed by atoms with Gasteiger partial charge in [0.25, 0.3) is 0 Å². The highest BCUT2D eigenvalue weighted by Gasteiger charge is 2.20. The van der Waals surface area contributed by atoms with Gasteiger partial charge in [-0.2, -0.15) is 0 Å². The molecule has 0 amide bonds. The summed E-state index contributed by atoms with van der Waals surface area (Å²) in [5, 5.41) is 1.40. The molecule has 0 atom stereocenters. The number of hydrogen-bond acceptors (Lipinski definition) is 2. The maximum Gasteiger partial charge on any atom is 0.132 e. The normalized spacial score (nSPS) is 11.3. The zero-order chi connectivity index (χ0) is 36.8. The summed E-state index contributed by atoms with van der Waals surface area (Å²) in [5.41, 5.74) is 8.41. The summed E-state index contributed by atoms with van der Waals surface area (Å²) in [7, 11) is 0. The maximum atomic E-state index is 15.5. The van der Waals surface area contributed by atoms with Crippen LogP contribution in [-0.2, 0) is 0 Å². The molecule has 2 aromatic heterocycles. The topological polar surface area (TPSA) is 25.8 Å². The van der Waals surface area contributed by atoms with E-state index in [1.54, 1.807) is 12.1 Å². The lowest BCUT2D eigenvalue weighted by molar-refractivity contribution is 0.602. The lowest BCUT2D eigenvalue weighted by Gasteiger charge is -2.16. The van der Waals surface area contributed by atoms with E-state index in [4.69, 9.17) is 9.97 Å². The van der Waals surface area contributed by atoms with Gasteiger partial charge in [-0.15, -0.1) is 0 Å². The predicted molar refractivity (Wildman–Crippen MR) is 209 cm³/mol. The zero-order valence-electron chi connectivity index (χ0n) is 28.6. The van der Waals surface area contributed by atoms with E-state index in [1.165, 1.54) is 0 Å². The molecular formula is C48H28F4N2. The molecule has 0 fully saturated rings. The smallest absolute Gasteiger partial charge is 0.132 e. The molecule has 6 heteroatoms. The molecule has 258 valence electrons. The minimum atomic E-state index is -0.636. The van der Waals surface area contributed by atoms with Crippen LogP contribution in [0, 0.1) is 23.3 Å². The van der Waals surface area contributed by atoms with Crippen LogP contribution in [0.15, 0.2) is 170 Å². The first-order valence-corrected chi connectivity index (χ1v) is 17.4. The van der Waals surface area contributed by atoms with Crippen LogP contribution in [0.4, 0.5) is 17.6 Å². The van der Waals surface area contributed by atoms with Gasteiger partial charge in [0.1, 0.15) is 23.3 Å². The fourth-order valence-corrected chi connectivity index (χ4v) is 7.06. The monoisotopic (exact) mass is 708 g/mol. The standard InChI is InChI=1S/C48H28F4N2/c49-35-19-23-43(51)41(25-35)45-27-39(33-15-11-31(12-16-33)29-7-3-1-4-8-29)37-21-22-38-40(34-17-13-32(14-18-34)30-9-5-2-6-10-30)28-46(54-48(38)47(37)53-45)42-26-36(50)20-24-44(42)52/h1-28H. The van der Waals surface area contributed by atoms with E-state index in [0.29, 0.717) is 21.8 Å². The van der Waals surface area contributed by atoms with Crippen molar-refractivity contribution < 1.29 is 17.6 Å². The van der Waals surface area contributed by atoms with Crippen molar-refractivity contribution in [1.29, 1.82) is 0 Å². The summed E-state index contributed by atoms with van der Waals surface area (Å²) in [6, 6.07) is 49.9. The Morgan fingerprint density at radius 3 is 1.04 bits per heavy atom. The fourth-order valence-electron chi connectivity index (χ4n) is 7.06. The Bertz CT molecular complexity index is 2640. The van der Waals surface area contributed by atoms with E-state index in [2.05, 4.69) is 0 Å². The van der Waals surface area contributed by atoms with Gasteiger partial charge in [-0.25, -0.2) is 27.5 Å². The third-order valence-corrected chi connectivity index (χ3v) is 9.77. The van der Waals surface area contributed by atoms with Gasteiger partial charge in [-0.05, 0) is 93.0 Å². The molecule has 9 aromatic rings. The Labute approximate surface area is 308 Å².